The number of ether oxygens (including phenoxy) is 1. The molecule has 1 aliphatic carbocycles. The first-order valence-corrected chi connectivity index (χ1v) is 6.44. The van der Waals surface area contributed by atoms with Crippen LogP contribution in [0.15, 0.2) is 12.1 Å². The number of anilines is 1. The van der Waals surface area contributed by atoms with Gasteiger partial charge in [-0.05, 0) is 6.42 Å². The fourth-order valence-corrected chi connectivity index (χ4v) is 3.42. The van der Waals surface area contributed by atoms with Gasteiger partial charge in [-0.3, -0.25) is 0 Å². The Morgan fingerprint density at radius 1 is 1.16 bits per heavy atom. The van der Waals surface area contributed by atoms with Crippen LogP contribution in [0, 0.1) is 28.8 Å². The van der Waals surface area contributed by atoms with E-state index in [4.69, 9.17) is 4.74 Å². The van der Waals surface area contributed by atoms with Crippen molar-refractivity contribution in [3.8, 4) is 0 Å². The highest BCUT2D eigenvalue weighted by atomic mass is 19.2. The zero-order valence-corrected chi connectivity index (χ0v) is 10.8. The van der Waals surface area contributed by atoms with Crippen molar-refractivity contribution >= 4 is 5.69 Å². The monoisotopic (exact) mass is 271 g/mol. The molecule has 0 spiro atoms. The zero-order valence-electron chi connectivity index (χ0n) is 10.8. The van der Waals surface area contributed by atoms with Crippen molar-refractivity contribution < 1.29 is 17.9 Å². The van der Waals surface area contributed by atoms with Crippen LogP contribution in [0.3, 0.4) is 0 Å². The maximum atomic E-state index is 13.6. The van der Waals surface area contributed by atoms with Gasteiger partial charge in [-0.25, -0.2) is 13.2 Å². The molecule has 0 amide bonds. The lowest BCUT2D eigenvalue weighted by molar-refractivity contribution is -0.0923. The van der Waals surface area contributed by atoms with E-state index < -0.39 is 17.5 Å². The Hall–Kier alpha value is -1.23. The van der Waals surface area contributed by atoms with Crippen LogP contribution in [-0.2, 0) is 4.74 Å². The molecule has 0 radical (unpaired) electrons. The van der Waals surface area contributed by atoms with Crippen LogP contribution in [0.1, 0.15) is 20.3 Å². The van der Waals surface area contributed by atoms with E-state index in [0.717, 1.165) is 12.5 Å². The van der Waals surface area contributed by atoms with Gasteiger partial charge in [0.1, 0.15) is 5.82 Å². The molecule has 0 aromatic heterocycles. The summed E-state index contributed by atoms with van der Waals surface area (Å²) in [6.45, 7) is 4.78. The second-order valence-electron chi connectivity index (χ2n) is 5.93. The molecule has 1 aromatic carbocycles. The highest BCUT2D eigenvalue weighted by molar-refractivity contribution is 5.48. The maximum Gasteiger partial charge on any atom is 0.161 e. The summed E-state index contributed by atoms with van der Waals surface area (Å²) in [6, 6.07) is 1.47. The molecule has 2 nitrogen and oxygen atoms in total. The Kier molecular flexibility index (Phi) is 2.78. The number of hydrogen-bond acceptors (Lipinski definition) is 2. The molecule has 2 fully saturated rings. The van der Waals surface area contributed by atoms with E-state index in [9.17, 15) is 13.2 Å². The Balaban J connectivity index is 1.84. The molecule has 0 bridgehead atoms. The summed E-state index contributed by atoms with van der Waals surface area (Å²) in [5, 5.41) is 3.01. The standard InChI is InChI=1S/C14H16F3NO/c1-14(2)12(7-3-4-19-13(7)14)18-11-6-9(16)8(15)5-10(11)17/h5-7,12-13,18H,3-4H2,1-2H3. The van der Waals surface area contributed by atoms with E-state index in [1.54, 1.807) is 0 Å². The van der Waals surface area contributed by atoms with Crippen LogP contribution in [0.4, 0.5) is 18.9 Å². The highest BCUT2D eigenvalue weighted by Gasteiger charge is 2.59. The van der Waals surface area contributed by atoms with E-state index >= 15 is 0 Å². The third-order valence-electron chi connectivity index (χ3n) is 4.42. The molecule has 1 aliphatic heterocycles. The summed E-state index contributed by atoms with van der Waals surface area (Å²) in [6.07, 6.45) is 1.08. The van der Waals surface area contributed by atoms with Gasteiger partial charge >= 0.3 is 0 Å². The first-order valence-electron chi connectivity index (χ1n) is 6.44. The molecular formula is C14H16F3NO. The lowest BCUT2D eigenvalue weighted by atomic mass is 9.57. The van der Waals surface area contributed by atoms with Crippen LogP contribution in [0.5, 0.6) is 0 Å². The zero-order chi connectivity index (χ0) is 13.8. The quantitative estimate of drug-likeness (QED) is 0.833. The molecule has 104 valence electrons. The van der Waals surface area contributed by atoms with E-state index in [1.807, 2.05) is 13.8 Å². The van der Waals surface area contributed by atoms with Gasteiger partial charge in [0.2, 0.25) is 0 Å². The summed E-state index contributed by atoms with van der Waals surface area (Å²) in [4.78, 5) is 0. The van der Waals surface area contributed by atoms with Crippen molar-refractivity contribution in [2.75, 3.05) is 11.9 Å². The van der Waals surface area contributed by atoms with E-state index in [0.29, 0.717) is 18.6 Å². The molecule has 1 heterocycles. The van der Waals surface area contributed by atoms with E-state index in [-0.39, 0.29) is 23.2 Å². The topological polar surface area (TPSA) is 21.3 Å². The molecule has 1 N–H and O–H groups in total. The average molecular weight is 271 g/mol. The highest BCUT2D eigenvalue weighted by Crippen LogP contribution is 2.53. The summed E-state index contributed by atoms with van der Waals surface area (Å²) in [5.41, 5.74) is -0.124. The van der Waals surface area contributed by atoms with Crippen LogP contribution in [-0.4, -0.2) is 18.8 Å². The van der Waals surface area contributed by atoms with Gasteiger partial charge in [0.25, 0.3) is 0 Å². The lowest BCUT2D eigenvalue weighted by Crippen LogP contribution is -2.63. The number of fused-ring (bicyclic) bond motifs is 1. The van der Waals surface area contributed by atoms with Crippen LogP contribution >= 0.6 is 0 Å². The minimum atomic E-state index is -1.17. The lowest BCUT2D eigenvalue weighted by Gasteiger charge is -2.55. The predicted octanol–water partition coefficient (Wildman–Crippen LogP) is 3.33. The fourth-order valence-electron chi connectivity index (χ4n) is 3.42. The molecule has 1 saturated carbocycles. The minimum Gasteiger partial charge on any atom is -0.379 e. The molecular weight excluding hydrogens is 255 g/mol. The second kappa shape index (κ2) is 4.13. The number of hydrogen-bond donors (Lipinski definition) is 1. The van der Waals surface area contributed by atoms with Crippen molar-refractivity contribution in [1.82, 2.24) is 0 Å². The fraction of sp³-hybridized carbons (Fsp3) is 0.571. The third kappa shape index (κ3) is 1.83. The molecule has 3 atom stereocenters. The number of rotatable bonds is 2. The van der Waals surface area contributed by atoms with Crippen molar-refractivity contribution in [2.24, 2.45) is 11.3 Å². The van der Waals surface area contributed by atoms with Gasteiger partial charge < -0.3 is 10.1 Å². The van der Waals surface area contributed by atoms with Gasteiger partial charge in [-0.2, -0.15) is 0 Å². The maximum absolute atomic E-state index is 13.6. The van der Waals surface area contributed by atoms with Crippen molar-refractivity contribution in [3.63, 3.8) is 0 Å². The first kappa shape index (κ1) is 12.8. The Morgan fingerprint density at radius 2 is 1.84 bits per heavy atom. The van der Waals surface area contributed by atoms with Gasteiger partial charge in [0.05, 0.1) is 11.8 Å². The van der Waals surface area contributed by atoms with Gasteiger partial charge in [-0.1, -0.05) is 13.8 Å². The molecule has 2 aliphatic rings. The van der Waals surface area contributed by atoms with E-state index in [2.05, 4.69) is 5.32 Å². The molecule has 5 heteroatoms. The number of halogens is 3. The Bertz CT molecular complexity index is 518. The first-order chi connectivity index (χ1) is 8.91. The molecule has 3 unspecified atom stereocenters. The predicted molar refractivity (Wildman–Crippen MR) is 65.4 cm³/mol. The molecule has 1 saturated heterocycles. The SMILES string of the molecule is CC1(C)C(Nc2cc(F)c(F)cc2F)C2CCOC21. The van der Waals surface area contributed by atoms with Gasteiger partial charge in [-0.15, -0.1) is 0 Å². The average Bonchev–Trinajstić information content (AvgIpc) is 2.78. The smallest absolute Gasteiger partial charge is 0.161 e. The van der Waals surface area contributed by atoms with Crippen LogP contribution in [0.2, 0.25) is 0 Å². The largest absolute Gasteiger partial charge is 0.379 e. The van der Waals surface area contributed by atoms with Crippen LogP contribution in [0.25, 0.3) is 0 Å². The number of benzene rings is 1. The normalized spacial score (nSPS) is 31.7. The number of nitrogens with one attached hydrogen (secondary N) is 1. The van der Waals surface area contributed by atoms with Crippen molar-refractivity contribution in [1.29, 1.82) is 0 Å². The van der Waals surface area contributed by atoms with Crippen molar-refractivity contribution in [3.05, 3.63) is 29.6 Å². The van der Waals surface area contributed by atoms with Gasteiger partial charge in [0, 0.05) is 36.1 Å². The summed E-state index contributed by atoms with van der Waals surface area (Å²) in [7, 11) is 0. The van der Waals surface area contributed by atoms with Gasteiger partial charge in [0.15, 0.2) is 11.6 Å². The summed E-state index contributed by atoms with van der Waals surface area (Å²) in [5.74, 6) is -2.67. The third-order valence-corrected chi connectivity index (χ3v) is 4.42. The van der Waals surface area contributed by atoms with Crippen molar-refractivity contribution in [2.45, 2.75) is 32.4 Å². The molecule has 19 heavy (non-hydrogen) atoms. The summed E-state index contributed by atoms with van der Waals surface area (Å²) >= 11 is 0. The molecule has 1 aromatic rings. The molecule has 3 rings (SSSR count). The summed E-state index contributed by atoms with van der Waals surface area (Å²) < 4.78 is 45.4. The van der Waals surface area contributed by atoms with Crippen LogP contribution < -0.4 is 5.32 Å². The Morgan fingerprint density at radius 3 is 2.58 bits per heavy atom. The Labute approximate surface area is 109 Å². The second-order valence-corrected chi connectivity index (χ2v) is 5.93. The van der Waals surface area contributed by atoms with E-state index in [1.165, 1.54) is 0 Å². The minimum absolute atomic E-state index is 0.0133.